The zero-order valence-corrected chi connectivity index (χ0v) is 11.8. The molecule has 2 aromatic rings. The normalized spacial score (nSPS) is 12.7. The van der Waals surface area contributed by atoms with Crippen molar-refractivity contribution in [3.8, 4) is 0 Å². The summed E-state index contributed by atoms with van der Waals surface area (Å²) in [6, 6.07) is 6.10. The van der Waals surface area contributed by atoms with E-state index in [1.807, 2.05) is 19.1 Å². The van der Waals surface area contributed by atoms with Crippen LogP contribution in [0.2, 0.25) is 0 Å². The molecular weight excluding hydrogens is 296 g/mol. The van der Waals surface area contributed by atoms with E-state index in [0.29, 0.717) is 12.2 Å². The minimum Gasteiger partial charge on any atom is -0.271 e. The van der Waals surface area contributed by atoms with Gasteiger partial charge in [0, 0.05) is 10.9 Å². The Hall–Kier alpha value is -1.31. The lowest BCUT2D eigenvalue weighted by atomic mass is 10.0. The van der Waals surface area contributed by atoms with Gasteiger partial charge < -0.3 is 0 Å². The van der Waals surface area contributed by atoms with Gasteiger partial charge >= 0.3 is 0 Å². The highest BCUT2D eigenvalue weighted by atomic mass is 79.9. The average Bonchev–Trinajstić information content (AvgIpc) is 2.75. The summed E-state index contributed by atoms with van der Waals surface area (Å²) in [7, 11) is 1.74. The number of aryl methyl sites for hydroxylation is 2. The molecule has 0 amide bonds. The number of hydrogen-bond acceptors (Lipinski definition) is 5. The molecule has 1 atom stereocenters. The van der Waals surface area contributed by atoms with E-state index in [1.54, 1.807) is 7.05 Å². The lowest BCUT2D eigenvalue weighted by Gasteiger charge is -2.15. The van der Waals surface area contributed by atoms with Crippen LogP contribution in [-0.2, 0) is 13.5 Å². The molecule has 1 aromatic carbocycles. The van der Waals surface area contributed by atoms with Crippen LogP contribution >= 0.6 is 15.9 Å². The van der Waals surface area contributed by atoms with E-state index < -0.39 is 0 Å². The van der Waals surface area contributed by atoms with E-state index in [1.165, 1.54) is 10.4 Å². The van der Waals surface area contributed by atoms with E-state index in [9.17, 15) is 0 Å². The van der Waals surface area contributed by atoms with Crippen molar-refractivity contribution in [2.75, 3.05) is 0 Å². The van der Waals surface area contributed by atoms with Crippen molar-refractivity contribution in [1.29, 1.82) is 0 Å². The molecule has 18 heavy (non-hydrogen) atoms. The fourth-order valence-electron chi connectivity index (χ4n) is 1.75. The summed E-state index contributed by atoms with van der Waals surface area (Å²) >= 11 is 3.48. The first-order valence-corrected chi connectivity index (χ1v) is 6.34. The molecule has 3 N–H and O–H groups in total. The predicted molar refractivity (Wildman–Crippen MR) is 71.4 cm³/mol. The van der Waals surface area contributed by atoms with Gasteiger partial charge in [-0.1, -0.05) is 28.1 Å². The molecule has 2 rings (SSSR count). The second-order valence-electron chi connectivity index (χ2n) is 4.13. The largest absolute Gasteiger partial charge is 0.271 e. The Labute approximate surface area is 114 Å². The van der Waals surface area contributed by atoms with Crippen LogP contribution in [-0.4, -0.2) is 20.2 Å². The zero-order valence-electron chi connectivity index (χ0n) is 10.3. The molecule has 0 saturated heterocycles. The fraction of sp³-hybridized carbons (Fsp3) is 0.364. The molecule has 1 heterocycles. The van der Waals surface area contributed by atoms with Crippen LogP contribution in [0, 0.1) is 6.92 Å². The smallest absolute Gasteiger partial charge is 0.176 e. The summed E-state index contributed by atoms with van der Waals surface area (Å²) in [4.78, 5) is 1.44. The van der Waals surface area contributed by atoms with Gasteiger partial charge in [-0.25, -0.2) is 0 Å². The van der Waals surface area contributed by atoms with Gasteiger partial charge in [0.25, 0.3) is 0 Å². The Morgan fingerprint density at radius 1 is 1.50 bits per heavy atom. The molecule has 0 bridgehead atoms. The van der Waals surface area contributed by atoms with Crippen LogP contribution in [0.1, 0.15) is 23.0 Å². The summed E-state index contributed by atoms with van der Waals surface area (Å²) < 4.78 is 1.08. The van der Waals surface area contributed by atoms with Gasteiger partial charge in [0.15, 0.2) is 5.82 Å². The third kappa shape index (κ3) is 2.92. The minimum absolute atomic E-state index is 0.0269. The van der Waals surface area contributed by atoms with Crippen molar-refractivity contribution in [2.24, 2.45) is 12.9 Å². The maximum atomic E-state index is 5.60. The van der Waals surface area contributed by atoms with Crippen molar-refractivity contribution in [3.05, 3.63) is 39.6 Å². The zero-order chi connectivity index (χ0) is 13.1. The summed E-state index contributed by atoms with van der Waals surface area (Å²) in [5.41, 5.74) is 5.06. The molecule has 1 unspecified atom stereocenters. The van der Waals surface area contributed by atoms with Crippen molar-refractivity contribution in [2.45, 2.75) is 19.4 Å². The standard InChI is InChI=1S/C11H15BrN6/c1-7-5-8(3-4-9(7)12)10(14-13)6-11-15-17-18(2)16-11/h3-5,10,14H,6,13H2,1-2H3. The number of halogens is 1. The van der Waals surface area contributed by atoms with E-state index in [4.69, 9.17) is 5.84 Å². The predicted octanol–water partition coefficient (Wildman–Crippen LogP) is 1.03. The maximum absolute atomic E-state index is 5.60. The van der Waals surface area contributed by atoms with Crippen LogP contribution < -0.4 is 11.3 Å². The monoisotopic (exact) mass is 310 g/mol. The van der Waals surface area contributed by atoms with Crippen molar-refractivity contribution in [1.82, 2.24) is 25.6 Å². The number of hydrogen-bond donors (Lipinski definition) is 2. The van der Waals surface area contributed by atoms with E-state index in [0.717, 1.165) is 10.0 Å². The molecule has 0 radical (unpaired) electrons. The van der Waals surface area contributed by atoms with Crippen LogP contribution in [0.25, 0.3) is 0 Å². The Morgan fingerprint density at radius 3 is 2.83 bits per heavy atom. The Morgan fingerprint density at radius 2 is 2.28 bits per heavy atom. The molecule has 0 saturated carbocycles. The van der Waals surface area contributed by atoms with Gasteiger partial charge in [-0.05, 0) is 29.3 Å². The van der Waals surface area contributed by atoms with Gasteiger partial charge in [-0.2, -0.15) is 4.80 Å². The lowest BCUT2D eigenvalue weighted by Crippen LogP contribution is -2.30. The highest BCUT2D eigenvalue weighted by Crippen LogP contribution is 2.22. The summed E-state index contributed by atoms with van der Waals surface area (Å²) in [5.74, 6) is 6.27. The molecule has 0 aliphatic heterocycles. The van der Waals surface area contributed by atoms with Crippen LogP contribution in [0.3, 0.4) is 0 Å². The molecule has 0 aliphatic rings. The van der Waals surface area contributed by atoms with Crippen LogP contribution in [0.15, 0.2) is 22.7 Å². The number of rotatable bonds is 4. The quantitative estimate of drug-likeness (QED) is 0.651. The second kappa shape index (κ2) is 5.55. The molecule has 0 aliphatic carbocycles. The second-order valence-corrected chi connectivity index (χ2v) is 4.98. The van der Waals surface area contributed by atoms with Crippen LogP contribution in [0.4, 0.5) is 0 Å². The molecule has 96 valence electrons. The number of nitrogens with zero attached hydrogens (tertiary/aromatic N) is 4. The van der Waals surface area contributed by atoms with Gasteiger partial charge in [-0.3, -0.25) is 11.3 Å². The van der Waals surface area contributed by atoms with Gasteiger partial charge in [0.1, 0.15) is 0 Å². The van der Waals surface area contributed by atoms with Gasteiger partial charge in [0.2, 0.25) is 0 Å². The molecule has 7 heteroatoms. The first-order chi connectivity index (χ1) is 8.60. The van der Waals surface area contributed by atoms with Gasteiger partial charge in [-0.15, -0.1) is 10.2 Å². The SMILES string of the molecule is Cc1cc(C(Cc2nnn(C)n2)NN)ccc1Br. The highest BCUT2D eigenvalue weighted by Gasteiger charge is 2.14. The van der Waals surface area contributed by atoms with E-state index >= 15 is 0 Å². The van der Waals surface area contributed by atoms with Gasteiger partial charge in [0.05, 0.1) is 13.1 Å². The van der Waals surface area contributed by atoms with Crippen molar-refractivity contribution < 1.29 is 0 Å². The Bertz CT molecular complexity index is 538. The number of hydrazine groups is 1. The topological polar surface area (TPSA) is 81.7 Å². The number of benzene rings is 1. The third-order valence-electron chi connectivity index (χ3n) is 2.72. The fourth-order valence-corrected chi connectivity index (χ4v) is 1.99. The minimum atomic E-state index is -0.0269. The molecule has 0 fully saturated rings. The molecule has 0 spiro atoms. The Balaban J connectivity index is 2.19. The molecular formula is C11H15BrN6. The lowest BCUT2D eigenvalue weighted by molar-refractivity contribution is 0.536. The van der Waals surface area contributed by atoms with E-state index in [2.05, 4.69) is 42.8 Å². The average molecular weight is 311 g/mol. The summed E-state index contributed by atoms with van der Waals surface area (Å²) in [5, 5.41) is 11.9. The first kappa shape index (κ1) is 13.1. The number of aromatic nitrogens is 4. The maximum Gasteiger partial charge on any atom is 0.176 e. The van der Waals surface area contributed by atoms with Crippen molar-refractivity contribution >= 4 is 15.9 Å². The highest BCUT2D eigenvalue weighted by molar-refractivity contribution is 9.10. The first-order valence-electron chi connectivity index (χ1n) is 5.55. The summed E-state index contributed by atoms with van der Waals surface area (Å²) in [6.45, 7) is 2.04. The molecule has 1 aromatic heterocycles. The third-order valence-corrected chi connectivity index (χ3v) is 3.61. The number of nitrogens with one attached hydrogen (secondary N) is 1. The molecule has 6 nitrogen and oxygen atoms in total. The van der Waals surface area contributed by atoms with Crippen LogP contribution in [0.5, 0.6) is 0 Å². The number of tetrazole rings is 1. The number of nitrogens with two attached hydrogens (primary N) is 1. The van der Waals surface area contributed by atoms with E-state index in [-0.39, 0.29) is 6.04 Å². The summed E-state index contributed by atoms with van der Waals surface area (Å²) in [6.07, 6.45) is 0.603. The Kier molecular flexibility index (Phi) is 4.05. The van der Waals surface area contributed by atoms with Crippen molar-refractivity contribution in [3.63, 3.8) is 0 Å².